The summed E-state index contributed by atoms with van der Waals surface area (Å²) in [7, 11) is 1.46. The number of hydrogen-bond donors (Lipinski definition) is 1. The summed E-state index contributed by atoms with van der Waals surface area (Å²) in [4.78, 5) is 11.9. The summed E-state index contributed by atoms with van der Waals surface area (Å²) in [5.74, 6) is -0.279. The average molecular weight is 375 g/mol. The molecule has 104 valence electrons. The standard InChI is InChI=1S/C13H9BrClNO3S/c14-10-3-1-9(2-4-10)13(17)16-11-5-7-12(8-6-11)20(15,18)19/h1-8H,(H,16,17). The van der Waals surface area contributed by atoms with Crippen molar-refractivity contribution in [1.82, 2.24) is 0 Å². The number of nitrogens with one attached hydrogen (secondary N) is 1. The summed E-state index contributed by atoms with van der Waals surface area (Å²) >= 11 is 3.29. The lowest BCUT2D eigenvalue weighted by Crippen LogP contribution is -2.11. The van der Waals surface area contributed by atoms with Crippen LogP contribution in [-0.4, -0.2) is 14.3 Å². The maximum absolute atomic E-state index is 11.9. The fourth-order valence-electron chi connectivity index (χ4n) is 1.51. The Hall–Kier alpha value is -1.37. The van der Waals surface area contributed by atoms with Crippen LogP contribution in [0.15, 0.2) is 57.9 Å². The number of benzene rings is 2. The zero-order chi connectivity index (χ0) is 14.8. The zero-order valence-electron chi connectivity index (χ0n) is 10.0. The van der Waals surface area contributed by atoms with E-state index in [0.29, 0.717) is 11.3 Å². The normalized spacial score (nSPS) is 11.1. The van der Waals surface area contributed by atoms with Gasteiger partial charge in [0.25, 0.3) is 15.0 Å². The van der Waals surface area contributed by atoms with Crippen LogP contribution in [-0.2, 0) is 9.05 Å². The van der Waals surface area contributed by atoms with Crippen LogP contribution in [0.2, 0.25) is 0 Å². The van der Waals surface area contributed by atoms with Gasteiger partial charge in [0.1, 0.15) is 0 Å². The molecule has 7 heteroatoms. The van der Waals surface area contributed by atoms with E-state index in [0.717, 1.165) is 4.47 Å². The van der Waals surface area contributed by atoms with E-state index >= 15 is 0 Å². The van der Waals surface area contributed by atoms with Crippen LogP contribution in [0.3, 0.4) is 0 Å². The highest BCUT2D eigenvalue weighted by atomic mass is 79.9. The van der Waals surface area contributed by atoms with Gasteiger partial charge in [0, 0.05) is 26.4 Å². The van der Waals surface area contributed by atoms with Gasteiger partial charge in [-0.2, -0.15) is 0 Å². The molecule has 0 fully saturated rings. The van der Waals surface area contributed by atoms with Crippen molar-refractivity contribution in [1.29, 1.82) is 0 Å². The van der Waals surface area contributed by atoms with E-state index in [2.05, 4.69) is 21.2 Å². The number of carbonyl (C=O) groups is 1. The lowest BCUT2D eigenvalue weighted by molar-refractivity contribution is 0.102. The topological polar surface area (TPSA) is 63.2 Å². The molecule has 0 aliphatic heterocycles. The predicted octanol–water partition coefficient (Wildman–Crippen LogP) is 3.63. The van der Waals surface area contributed by atoms with Crippen molar-refractivity contribution in [3.05, 3.63) is 58.6 Å². The lowest BCUT2D eigenvalue weighted by atomic mass is 10.2. The third kappa shape index (κ3) is 3.82. The fourth-order valence-corrected chi connectivity index (χ4v) is 2.54. The highest BCUT2D eigenvalue weighted by Gasteiger charge is 2.10. The molecule has 0 aliphatic carbocycles. The molecule has 4 nitrogen and oxygen atoms in total. The first-order valence-corrected chi connectivity index (χ1v) is 8.58. The maximum atomic E-state index is 11.9. The number of carbonyl (C=O) groups excluding carboxylic acids is 1. The molecule has 0 aromatic heterocycles. The zero-order valence-corrected chi connectivity index (χ0v) is 13.2. The Morgan fingerprint density at radius 1 is 1.00 bits per heavy atom. The van der Waals surface area contributed by atoms with E-state index in [1.165, 1.54) is 24.3 Å². The Labute approximate surface area is 129 Å². The fraction of sp³-hybridized carbons (Fsp3) is 0. The van der Waals surface area contributed by atoms with Gasteiger partial charge in [0.05, 0.1) is 4.90 Å². The van der Waals surface area contributed by atoms with Crippen LogP contribution < -0.4 is 5.32 Å². The second-order valence-electron chi connectivity index (χ2n) is 3.92. The van der Waals surface area contributed by atoms with Crippen LogP contribution in [0.5, 0.6) is 0 Å². The first-order chi connectivity index (χ1) is 9.36. The van der Waals surface area contributed by atoms with Gasteiger partial charge in [-0.3, -0.25) is 4.79 Å². The van der Waals surface area contributed by atoms with Gasteiger partial charge in [-0.25, -0.2) is 8.42 Å². The second-order valence-corrected chi connectivity index (χ2v) is 7.40. The van der Waals surface area contributed by atoms with Gasteiger partial charge in [-0.1, -0.05) is 15.9 Å². The number of hydrogen-bond acceptors (Lipinski definition) is 3. The molecule has 0 unspecified atom stereocenters. The Kier molecular flexibility index (Phi) is 4.47. The molecular weight excluding hydrogens is 366 g/mol. The highest BCUT2D eigenvalue weighted by molar-refractivity contribution is 9.10. The molecule has 0 atom stereocenters. The van der Waals surface area contributed by atoms with E-state index in [-0.39, 0.29) is 10.8 Å². The predicted molar refractivity (Wildman–Crippen MR) is 81.6 cm³/mol. The monoisotopic (exact) mass is 373 g/mol. The van der Waals surface area contributed by atoms with Crippen LogP contribution >= 0.6 is 26.6 Å². The van der Waals surface area contributed by atoms with Gasteiger partial charge in [-0.15, -0.1) is 0 Å². The number of rotatable bonds is 3. The Bertz CT molecular complexity index is 727. The van der Waals surface area contributed by atoms with Crippen molar-refractivity contribution in [3.8, 4) is 0 Å². The summed E-state index contributed by atoms with van der Waals surface area (Å²) in [6.45, 7) is 0. The van der Waals surface area contributed by atoms with Gasteiger partial charge in [0.2, 0.25) is 0 Å². The van der Waals surface area contributed by atoms with Crippen LogP contribution in [0.25, 0.3) is 0 Å². The van der Waals surface area contributed by atoms with Gasteiger partial charge >= 0.3 is 0 Å². The van der Waals surface area contributed by atoms with Crippen LogP contribution in [0, 0.1) is 0 Å². The third-order valence-corrected chi connectivity index (χ3v) is 4.40. The Morgan fingerprint density at radius 3 is 2.05 bits per heavy atom. The van der Waals surface area contributed by atoms with E-state index in [1.54, 1.807) is 24.3 Å². The third-order valence-electron chi connectivity index (χ3n) is 2.50. The lowest BCUT2D eigenvalue weighted by Gasteiger charge is -2.06. The van der Waals surface area contributed by atoms with E-state index in [9.17, 15) is 13.2 Å². The molecule has 0 bridgehead atoms. The molecular formula is C13H9BrClNO3S. The number of amides is 1. The molecule has 1 amide bonds. The summed E-state index contributed by atoms with van der Waals surface area (Å²) in [5, 5.41) is 2.66. The van der Waals surface area contributed by atoms with Gasteiger partial charge < -0.3 is 5.32 Å². The molecule has 0 saturated heterocycles. The molecule has 0 spiro atoms. The summed E-state index contributed by atoms with van der Waals surface area (Å²) < 4.78 is 23.1. The van der Waals surface area contributed by atoms with Crippen LogP contribution in [0.4, 0.5) is 5.69 Å². The minimum atomic E-state index is -3.75. The molecule has 2 aromatic carbocycles. The Balaban J connectivity index is 2.14. The van der Waals surface area contributed by atoms with Gasteiger partial charge in [0.15, 0.2) is 0 Å². The first kappa shape index (κ1) is 15.0. The van der Waals surface area contributed by atoms with E-state index < -0.39 is 9.05 Å². The summed E-state index contributed by atoms with van der Waals surface area (Å²) in [6, 6.07) is 12.5. The van der Waals surface area contributed by atoms with Crippen LogP contribution in [0.1, 0.15) is 10.4 Å². The molecule has 20 heavy (non-hydrogen) atoms. The quantitative estimate of drug-likeness (QED) is 0.835. The summed E-state index contributed by atoms with van der Waals surface area (Å²) in [6.07, 6.45) is 0. The van der Waals surface area contributed by atoms with Crippen molar-refractivity contribution < 1.29 is 13.2 Å². The minimum absolute atomic E-state index is 0.0131. The molecule has 0 radical (unpaired) electrons. The highest BCUT2D eigenvalue weighted by Crippen LogP contribution is 2.18. The second kappa shape index (κ2) is 5.95. The molecule has 2 aromatic rings. The van der Waals surface area contributed by atoms with E-state index in [1.807, 2.05) is 0 Å². The smallest absolute Gasteiger partial charge is 0.261 e. The van der Waals surface area contributed by atoms with Crippen molar-refractivity contribution in [2.75, 3.05) is 5.32 Å². The van der Waals surface area contributed by atoms with Crippen molar-refractivity contribution in [2.45, 2.75) is 4.90 Å². The molecule has 2 rings (SSSR count). The molecule has 0 aliphatic rings. The van der Waals surface area contributed by atoms with E-state index in [4.69, 9.17) is 10.7 Å². The van der Waals surface area contributed by atoms with Crippen molar-refractivity contribution >= 4 is 47.3 Å². The Morgan fingerprint density at radius 2 is 1.55 bits per heavy atom. The number of anilines is 1. The van der Waals surface area contributed by atoms with Crippen molar-refractivity contribution in [3.63, 3.8) is 0 Å². The minimum Gasteiger partial charge on any atom is -0.322 e. The molecule has 0 saturated carbocycles. The molecule has 0 heterocycles. The SMILES string of the molecule is O=C(Nc1ccc(S(=O)(=O)Cl)cc1)c1ccc(Br)cc1. The summed E-state index contributed by atoms with van der Waals surface area (Å²) in [5.41, 5.74) is 0.990. The molecule has 1 N–H and O–H groups in total. The largest absolute Gasteiger partial charge is 0.322 e. The van der Waals surface area contributed by atoms with Crippen molar-refractivity contribution in [2.24, 2.45) is 0 Å². The average Bonchev–Trinajstić information content (AvgIpc) is 2.39. The first-order valence-electron chi connectivity index (χ1n) is 5.48. The van der Waals surface area contributed by atoms with Gasteiger partial charge in [-0.05, 0) is 48.5 Å². The maximum Gasteiger partial charge on any atom is 0.261 e. The number of halogens is 2.